The standard InChI is InChI=1S/C17H27NO3/c1-5-8-18-17(13-9-12(2)21-11-13)15-10-14(19-3)6-7-16(15)20-4/h6-7,10,12-13,17-18H,5,8-9,11H2,1-4H3. The van der Waals surface area contributed by atoms with E-state index >= 15 is 0 Å². The van der Waals surface area contributed by atoms with Crippen LogP contribution in [0.15, 0.2) is 18.2 Å². The number of hydrogen-bond acceptors (Lipinski definition) is 4. The van der Waals surface area contributed by atoms with Crippen LogP contribution in [0, 0.1) is 5.92 Å². The Bertz CT molecular complexity index is 450. The van der Waals surface area contributed by atoms with Gasteiger partial charge in [-0.3, -0.25) is 0 Å². The maximum absolute atomic E-state index is 5.77. The first-order valence-corrected chi connectivity index (χ1v) is 7.76. The fourth-order valence-electron chi connectivity index (χ4n) is 3.00. The van der Waals surface area contributed by atoms with Crippen LogP contribution in [0.2, 0.25) is 0 Å². The highest BCUT2D eigenvalue weighted by Crippen LogP contribution is 2.37. The molecule has 1 heterocycles. The van der Waals surface area contributed by atoms with Gasteiger partial charge in [0, 0.05) is 17.5 Å². The minimum Gasteiger partial charge on any atom is -0.497 e. The lowest BCUT2D eigenvalue weighted by Gasteiger charge is -2.26. The smallest absolute Gasteiger partial charge is 0.123 e. The molecule has 0 aliphatic carbocycles. The predicted molar refractivity (Wildman–Crippen MR) is 84.1 cm³/mol. The Morgan fingerprint density at radius 3 is 2.71 bits per heavy atom. The molecule has 1 fully saturated rings. The molecule has 0 aromatic heterocycles. The molecule has 0 saturated carbocycles. The molecular weight excluding hydrogens is 266 g/mol. The number of rotatable bonds is 7. The number of benzene rings is 1. The van der Waals surface area contributed by atoms with Crippen LogP contribution in [-0.2, 0) is 4.74 Å². The molecule has 1 aromatic rings. The molecule has 0 bridgehead atoms. The summed E-state index contributed by atoms with van der Waals surface area (Å²) in [6, 6.07) is 6.23. The summed E-state index contributed by atoms with van der Waals surface area (Å²) in [4.78, 5) is 0. The fraction of sp³-hybridized carbons (Fsp3) is 0.647. The second kappa shape index (κ2) is 7.66. The van der Waals surface area contributed by atoms with E-state index in [1.807, 2.05) is 12.1 Å². The highest BCUT2D eigenvalue weighted by atomic mass is 16.5. The molecule has 1 N–H and O–H groups in total. The highest BCUT2D eigenvalue weighted by molar-refractivity contribution is 5.42. The lowest BCUT2D eigenvalue weighted by molar-refractivity contribution is 0.116. The van der Waals surface area contributed by atoms with E-state index in [9.17, 15) is 0 Å². The molecule has 2 rings (SSSR count). The Hall–Kier alpha value is -1.26. The zero-order valence-corrected chi connectivity index (χ0v) is 13.5. The topological polar surface area (TPSA) is 39.7 Å². The first-order chi connectivity index (χ1) is 10.2. The Morgan fingerprint density at radius 2 is 2.14 bits per heavy atom. The zero-order valence-electron chi connectivity index (χ0n) is 13.5. The molecule has 118 valence electrons. The van der Waals surface area contributed by atoms with Crippen LogP contribution in [0.25, 0.3) is 0 Å². The van der Waals surface area contributed by atoms with Crippen LogP contribution in [0.1, 0.15) is 38.3 Å². The van der Waals surface area contributed by atoms with E-state index in [0.717, 1.165) is 43.1 Å². The third-order valence-corrected chi connectivity index (χ3v) is 4.09. The summed E-state index contributed by atoms with van der Waals surface area (Å²) < 4.78 is 16.7. The highest BCUT2D eigenvalue weighted by Gasteiger charge is 2.32. The maximum atomic E-state index is 5.77. The van der Waals surface area contributed by atoms with Crippen molar-refractivity contribution in [3.8, 4) is 11.5 Å². The SMILES string of the molecule is CCCNC(c1cc(OC)ccc1OC)C1COC(C)C1. The molecular formula is C17H27NO3. The van der Waals surface area contributed by atoms with E-state index in [1.54, 1.807) is 14.2 Å². The van der Waals surface area contributed by atoms with E-state index in [0.29, 0.717) is 12.0 Å². The number of hydrogen-bond donors (Lipinski definition) is 1. The van der Waals surface area contributed by atoms with Crippen molar-refractivity contribution in [3.63, 3.8) is 0 Å². The molecule has 0 amide bonds. The molecule has 0 spiro atoms. The molecule has 1 aliphatic rings. The van der Waals surface area contributed by atoms with E-state index in [2.05, 4.69) is 25.2 Å². The molecule has 1 saturated heterocycles. The zero-order chi connectivity index (χ0) is 15.2. The molecule has 1 aliphatic heterocycles. The third-order valence-electron chi connectivity index (χ3n) is 4.09. The van der Waals surface area contributed by atoms with Crippen molar-refractivity contribution in [2.75, 3.05) is 27.4 Å². The van der Waals surface area contributed by atoms with Crippen LogP contribution >= 0.6 is 0 Å². The van der Waals surface area contributed by atoms with Crippen molar-refractivity contribution in [3.05, 3.63) is 23.8 Å². The van der Waals surface area contributed by atoms with Crippen molar-refractivity contribution >= 4 is 0 Å². The van der Waals surface area contributed by atoms with Crippen LogP contribution in [0.5, 0.6) is 11.5 Å². The van der Waals surface area contributed by atoms with Crippen molar-refractivity contribution in [2.24, 2.45) is 5.92 Å². The first-order valence-electron chi connectivity index (χ1n) is 7.76. The largest absolute Gasteiger partial charge is 0.497 e. The Morgan fingerprint density at radius 1 is 1.33 bits per heavy atom. The normalized spacial score (nSPS) is 23.0. The molecule has 4 heteroatoms. The number of ether oxygens (including phenoxy) is 3. The second-order valence-electron chi connectivity index (χ2n) is 5.68. The first kappa shape index (κ1) is 16.1. The van der Waals surface area contributed by atoms with Crippen LogP contribution in [-0.4, -0.2) is 33.5 Å². The monoisotopic (exact) mass is 293 g/mol. The molecule has 3 unspecified atom stereocenters. The van der Waals surface area contributed by atoms with Crippen molar-refractivity contribution in [1.29, 1.82) is 0 Å². The van der Waals surface area contributed by atoms with E-state index in [4.69, 9.17) is 14.2 Å². The lowest BCUT2D eigenvalue weighted by atomic mass is 9.90. The Balaban J connectivity index is 2.30. The van der Waals surface area contributed by atoms with Crippen molar-refractivity contribution < 1.29 is 14.2 Å². The van der Waals surface area contributed by atoms with E-state index in [-0.39, 0.29) is 6.04 Å². The van der Waals surface area contributed by atoms with Gasteiger partial charge in [0.2, 0.25) is 0 Å². The van der Waals surface area contributed by atoms with Gasteiger partial charge in [0.15, 0.2) is 0 Å². The fourth-order valence-corrected chi connectivity index (χ4v) is 3.00. The van der Waals surface area contributed by atoms with Gasteiger partial charge in [-0.2, -0.15) is 0 Å². The van der Waals surface area contributed by atoms with E-state index < -0.39 is 0 Å². The Kier molecular flexibility index (Phi) is 5.88. The lowest BCUT2D eigenvalue weighted by Crippen LogP contribution is -2.30. The minimum absolute atomic E-state index is 0.236. The average molecular weight is 293 g/mol. The van der Waals surface area contributed by atoms with Crippen LogP contribution < -0.4 is 14.8 Å². The minimum atomic E-state index is 0.236. The van der Waals surface area contributed by atoms with Gasteiger partial charge in [-0.15, -0.1) is 0 Å². The second-order valence-corrected chi connectivity index (χ2v) is 5.68. The quantitative estimate of drug-likeness (QED) is 0.838. The predicted octanol–water partition coefficient (Wildman–Crippen LogP) is 3.17. The van der Waals surface area contributed by atoms with Gasteiger partial charge in [0.25, 0.3) is 0 Å². The van der Waals surface area contributed by atoms with Gasteiger partial charge < -0.3 is 19.5 Å². The molecule has 3 atom stereocenters. The van der Waals surface area contributed by atoms with Gasteiger partial charge in [-0.25, -0.2) is 0 Å². The van der Waals surface area contributed by atoms with Crippen molar-refractivity contribution in [1.82, 2.24) is 5.32 Å². The molecule has 1 aromatic carbocycles. The van der Waals surface area contributed by atoms with Gasteiger partial charge in [-0.1, -0.05) is 6.92 Å². The molecule has 4 nitrogen and oxygen atoms in total. The summed E-state index contributed by atoms with van der Waals surface area (Å²) in [5.41, 5.74) is 1.16. The number of methoxy groups -OCH3 is 2. The van der Waals surface area contributed by atoms with Gasteiger partial charge in [-0.05, 0) is 44.5 Å². The van der Waals surface area contributed by atoms with Crippen molar-refractivity contribution in [2.45, 2.75) is 38.8 Å². The van der Waals surface area contributed by atoms with E-state index in [1.165, 1.54) is 0 Å². The van der Waals surface area contributed by atoms with Gasteiger partial charge in [0.1, 0.15) is 11.5 Å². The summed E-state index contributed by atoms with van der Waals surface area (Å²) in [6.07, 6.45) is 2.51. The van der Waals surface area contributed by atoms with Gasteiger partial charge >= 0.3 is 0 Å². The summed E-state index contributed by atoms with van der Waals surface area (Å²) in [5, 5.41) is 3.66. The third kappa shape index (κ3) is 3.89. The molecule has 0 radical (unpaired) electrons. The molecule has 21 heavy (non-hydrogen) atoms. The number of nitrogens with one attached hydrogen (secondary N) is 1. The van der Waals surface area contributed by atoms with Crippen LogP contribution in [0.4, 0.5) is 0 Å². The summed E-state index contributed by atoms with van der Waals surface area (Å²) in [5.74, 6) is 2.23. The summed E-state index contributed by atoms with van der Waals surface area (Å²) in [6.45, 7) is 6.10. The average Bonchev–Trinajstić information content (AvgIpc) is 2.93. The maximum Gasteiger partial charge on any atom is 0.123 e. The summed E-state index contributed by atoms with van der Waals surface area (Å²) in [7, 11) is 3.41. The van der Waals surface area contributed by atoms with Crippen LogP contribution in [0.3, 0.4) is 0 Å². The Labute approximate surface area is 127 Å². The van der Waals surface area contributed by atoms with Gasteiger partial charge in [0.05, 0.1) is 26.9 Å². The summed E-state index contributed by atoms with van der Waals surface area (Å²) >= 11 is 0.